The first-order valence-corrected chi connectivity index (χ1v) is 9.35. The molecule has 1 N–H and O–H groups in total. The second kappa shape index (κ2) is 8.04. The molecule has 1 aliphatic heterocycles. The van der Waals surface area contributed by atoms with Gasteiger partial charge in [0.2, 0.25) is 11.8 Å². The molecule has 0 radical (unpaired) electrons. The minimum absolute atomic E-state index is 0.00311. The van der Waals surface area contributed by atoms with Gasteiger partial charge in [-0.15, -0.1) is 0 Å². The highest BCUT2D eigenvalue weighted by atomic mass is 16.5. The van der Waals surface area contributed by atoms with E-state index in [0.29, 0.717) is 25.6 Å². The largest absolute Gasteiger partial charge is 0.385 e. The lowest BCUT2D eigenvalue weighted by Gasteiger charge is -2.38. The average Bonchev–Trinajstić information content (AvgIpc) is 3.04. The van der Waals surface area contributed by atoms with Crippen LogP contribution in [0.25, 0.3) is 0 Å². The maximum Gasteiger partial charge on any atom is 0.249 e. The molecule has 0 aromatic carbocycles. The summed E-state index contributed by atoms with van der Waals surface area (Å²) in [4.78, 5) is 27.4. The number of nitrogens with zero attached hydrogens (tertiary/aromatic N) is 2. The van der Waals surface area contributed by atoms with Crippen molar-refractivity contribution >= 4 is 11.8 Å². The second-order valence-corrected chi connectivity index (χ2v) is 7.27. The molecule has 2 aliphatic rings. The Hall–Kier alpha value is -1.82. The van der Waals surface area contributed by atoms with Crippen LogP contribution in [-0.2, 0) is 20.9 Å². The van der Waals surface area contributed by atoms with E-state index in [1.807, 2.05) is 22.9 Å². The van der Waals surface area contributed by atoms with Gasteiger partial charge in [0, 0.05) is 32.5 Å². The van der Waals surface area contributed by atoms with Gasteiger partial charge in [0.1, 0.15) is 6.54 Å². The van der Waals surface area contributed by atoms with Gasteiger partial charge < -0.3 is 19.5 Å². The van der Waals surface area contributed by atoms with Crippen LogP contribution in [0.3, 0.4) is 0 Å². The molecule has 1 fully saturated rings. The van der Waals surface area contributed by atoms with Crippen LogP contribution in [0.1, 0.15) is 50.8 Å². The highest BCUT2D eigenvalue weighted by Gasteiger charge is 2.38. The molecule has 3 atom stereocenters. The zero-order valence-electron chi connectivity index (χ0n) is 15.2. The molecule has 3 rings (SSSR count). The summed E-state index contributed by atoms with van der Waals surface area (Å²) < 4.78 is 7.00. The number of aromatic nitrogens is 1. The summed E-state index contributed by atoms with van der Waals surface area (Å²) in [6.07, 6.45) is 7.19. The SMILES string of the molecule is COCCCN1C(=O)Cn2cccc2C1C(=O)NC1CCCCC1C. The van der Waals surface area contributed by atoms with E-state index >= 15 is 0 Å². The number of carbonyl (C=O) groups is 2. The van der Waals surface area contributed by atoms with Crippen LogP contribution >= 0.6 is 0 Å². The monoisotopic (exact) mass is 347 g/mol. The van der Waals surface area contributed by atoms with Crippen molar-refractivity contribution in [3.8, 4) is 0 Å². The number of carbonyl (C=O) groups excluding carboxylic acids is 2. The zero-order valence-corrected chi connectivity index (χ0v) is 15.2. The summed E-state index contributed by atoms with van der Waals surface area (Å²) in [6, 6.07) is 3.53. The highest BCUT2D eigenvalue weighted by Crippen LogP contribution is 2.29. The third-order valence-electron chi connectivity index (χ3n) is 5.52. The number of hydrogen-bond acceptors (Lipinski definition) is 3. The Balaban J connectivity index is 1.78. The van der Waals surface area contributed by atoms with Crippen LogP contribution in [0.15, 0.2) is 18.3 Å². The lowest BCUT2D eigenvalue weighted by atomic mass is 9.85. The van der Waals surface area contributed by atoms with Gasteiger partial charge in [-0.05, 0) is 37.3 Å². The minimum atomic E-state index is -0.540. The van der Waals surface area contributed by atoms with E-state index in [1.165, 1.54) is 6.42 Å². The fraction of sp³-hybridized carbons (Fsp3) is 0.684. The molecule has 1 aromatic heterocycles. The number of fused-ring (bicyclic) bond motifs is 1. The Morgan fingerprint density at radius 2 is 2.16 bits per heavy atom. The molecule has 6 nitrogen and oxygen atoms in total. The molecule has 2 amide bonds. The third kappa shape index (κ3) is 3.89. The van der Waals surface area contributed by atoms with E-state index in [-0.39, 0.29) is 17.9 Å². The zero-order chi connectivity index (χ0) is 17.8. The smallest absolute Gasteiger partial charge is 0.249 e. The fourth-order valence-electron chi connectivity index (χ4n) is 4.06. The first-order chi connectivity index (χ1) is 12.1. The van der Waals surface area contributed by atoms with Gasteiger partial charge in [-0.2, -0.15) is 0 Å². The number of amides is 2. The molecule has 1 aliphatic carbocycles. The molecular formula is C19H29N3O3. The van der Waals surface area contributed by atoms with E-state index in [4.69, 9.17) is 4.74 Å². The van der Waals surface area contributed by atoms with Gasteiger partial charge in [-0.1, -0.05) is 19.8 Å². The van der Waals surface area contributed by atoms with Crippen LogP contribution in [0.4, 0.5) is 0 Å². The molecule has 6 heteroatoms. The molecule has 0 saturated heterocycles. The molecule has 1 saturated carbocycles. The van der Waals surface area contributed by atoms with Crippen molar-refractivity contribution in [2.45, 2.75) is 57.7 Å². The molecule has 3 unspecified atom stereocenters. The summed E-state index contributed by atoms with van der Waals surface area (Å²) in [5, 5.41) is 3.23. The Kier molecular flexibility index (Phi) is 5.78. The maximum atomic E-state index is 13.1. The lowest BCUT2D eigenvalue weighted by Crippen LogP contribution is -2.52. The minimum Gasteiger partial charge on any atom is -0.385 e. The van der Waals surface area contributed by atoms with E-state index < -0.39 is 6.04 Å². The van der Waals surface area contributed by atoms with Crippen molar-refractivity contribution in [2.75, 3.05) is 20.3 Å². The number of hydrogen-bond donors (Lipinski definition) is 1. The van der Waals surface area contributed by atoms with E-state index in [2.05, 4.69) is 12.2 Å². The lowest BCUT2D eigenvalue weighted by molar-refractivity contribution is -0.144. The predicted octanol–water partition coefficient (Wildman–Crippen LogP) is 2.10. The van der Waals surface area contributed by atoms with Crippen LogP contribution in [0, 0.1) is 5.92 Å². The summed E-state index contributed by atoms with van der Waals surface area (Å²) in [5.41, 5.74) is 0.901. The van der Waals surface area contributed by atoms with Crippen LogP contribution < -0.4 is 5.32 Å². The Morgan fingerprint density at radius 1 is 1.36 bits per heavy atom. The van der Waals surface area contributed by atoms with Gasteiger partial charge in [0.15, 0.2) is 6.04 Å². The quantitative estimate of drug-likeness (QED) is 0.802. The van der Waals surface area contributed by atoms with E-state index in [9.17, 15) is 9.59 Å². The van der Waals surface area contributed by atoms with Gasteiger partial charge in [0.05, 0.1) is 5.69 Å². The molecule has 138 valence electrons. The van der Waals surface area contributed by atoms with Crippen molar-refractivity contribution in [1.29, 1.82) is 0 Å². The van der Waals surface area contributed by atoms with Crippen molar-refractivity contribution in [2.24, 2.45) is 5.92 Å². The van der Waals surface area contributed by atoms with Crippen molar-refractivity contribution in [3.63, 3.8) is 0 Å². The third-order valence-corrected chi connectivity index (χ3v) is 5.52. The van der Waals surface area contributed by atoms with Crippen molar-refractivity contribution in [3.05, 3.63) is 24.0 Å². The number of rotatable bonds is 6. The highest BCUT2D eigenvalue weighted by molar-refractivity contribution is 5.90. The van der Waals surface area contributed by atoms with Crippen molar-refractivity contribution in [1.82, 2.24) is 14.8 Å². The Bertz CT molecular complexity index is 613. The molecule has 0 spiro atoms. The first-order valence-electron chi connectivity index (χ1n) is 9.35. The van der Waals surface area contributed by atoms with Crippen LogP contribution in [-0.4, -0.2) is 47.6 Å². The summed E-state index contributed by atoms with van der Waals surface area (Å²) >= 11 is 0. The van der Waals surface area contributed by atoms with Gasteiger partial charge >= 0.3 is 0 Å². The van der Waals surface area contributed by atoms with Gasteiger partial charge in [-0.25, -0.2) is 0 Å². The standard InChI is InChI=1S/C19H29N3O3/c1-14-7-3-4-8-15(14)20-19(24)18-16-9-5-10-21(16)13-17(23)22(18)11-6-12-25-2/h5,9-10,14-15,18H,3-4,6-8,11-13H2,1-2H3,(H,20,24). The molecule has 1 aromatic rings. The Morgan fingerprint density at radius 3 is 2.92 bits per heavy atom. The molecule has 2 heterocycles. The Labute approximate surface area is 149 Å². The molecule has 0 bridgehead atoms. The fourth-order valence-corrected chi connectivity index (χ4v) is 4.06. The van der Waals surface area contributed by atoms with Gasteiger partial charge in [-0.3, -0.25) is 9.59 Å². The number of methoxy groups -OCH3 is 1. The summed E-state index contributed by atoms with van der Waals surface area (Å²) in [5.74, 6) is 0.437. The van der Waals surface area contributed by atoms with E-state index in [0.717, 1.165) is 31.4 Å². The predicted molar refractivity (Wildman–Crippen MR) is 94.9 cm³/mol. The number of nitrogens with one attached hydrogen (secondary N) is 1. The average molecular weight is 347 g/mol. The summed E-state index contributed by atoms with van der Waals surface area (Å²) in [7, 11) is 1.65. The van der Waals surface area contributed by atoms with Gasteiger partial charge in [0.25, 0.3) is 0 Å². The second-order valence-electron chi connectivity index (χ2n) is 7.27. The molecular weight excluding hydrogens is 318 g/mol. The van der Waals surface area contributed by atoms with Crippen molar-refractivity contribution < 1.29 is 14.3 Å². The summed E-state index contributed by atoms with van der Waals surface area (Å²) in [6.45, 7) is 3.63. The topological polar surface area (TPSA) is 63.6 Å². The van der Waals surface area contributed by atoms with Crippen LogP contribution in [0.5, 0.6) is 0 Å². The molecule has 25 heavy (non-hydrogen) atoms. The normalized spacial score (nSPS) is 26.4. The first kappa shape index (κ1) is 18.0. The van der Waals surface area contributed by atoms with Crippen LogP contribution in [0.2, 0.25) is 0 Å². The maximum absolute atomic E-state index is 13.1. The number of ether oxygens (including phenoxy) is 1. The van der Waals surface area contributed by atoms with E-state index in [1.54, 1.807) is 12.0 Å².